The molecular formula is C15H15BrN2O3S. The van der Waals surface area contributed by atoms with Crippen molar-refractivity contribution in [3.8, 4) is 0 Å². The van der Waals surface area contributed by atoms with Crippen LogP contribution in [0.5, 0.6) is 0 Å². The maximum absolute atomic E-state index is 12.3. The molecule has 0 unspecified atom stereocenters. The van der Waals surface area contributed by atoms with Gasteiger partial charge in [-0.2, -0.15) is 0 Å². The minimum absolute atomic E-state index is 0.261. The third kappa shape index (κ3) is 4.85. The Hall–Kier alpha value is -1.86. The van der Waals surface area contributed by atoms with Gasteiger partial charge >= 0.3 is 0 Å². The summed E-state index contributed by atoms with van der Waals surface area (Å²) in [7, 11) is -3.44. The highest BCUT2D eigenvalue weighted by Gasteiger charge is 2.13. The van der Waals surface area contributed by atoms with E-state index >= 15 is 0 Å². The predicted octanol–water partition coefficient (Wildman–Crippen LogP) is 2.75. The normalized spacial score (nSPS) is 11.0. The third-order valence-electron chi connectivity index (χ3n) is 2.81. The van der Waals surface area contributed by atoms with Gasteiger partial charge < -0.3 is 5.32 Å². The number of amides is 1. The van der Waals surface area contributed by atoms with Gasteiger partial charge in [0.15, 0.2) is 0 Å². The van der Waals surface area contributed by atoms with Crippen molar-refractivity contribution in [3.63, 3.8) is 0 Å². The topological polar surface area (TPSA) is 75.3 Å². The quantitative estimate of drug-likeness (QED) is 0.834. The molecule has 0 aliphatic carbocycles. The first-order valence-electron chi connectivity index (χ1n) is 6.44. The number of sulfonamides is 1. The third-order valence-corrected chi connectivity index (χ3v) is 3.89. The van der Waals surface area contributed by atoms with Crippen molar-refractivity contribution >= 4 is 37.5 Å². The number of nitrogens with one attached hydrogen (secondary N) is 2. The molecule has 0 fully saturated rings. The number of anilines is 1. The van der Waals surface area contributed by atoms with Gasteiger partial charge in [0.05, 0.1) is 17.5 Å². The van der Waals surface area contributed by atoms with E-state index in [9.17, 15) is 13.2 Å². The number of hydrogen-bond acceptors (Lipinski definition) is 3. The van der Waals surface area contributed by atoms with Crippen LogP contribution in [0.1, 0.15) is 15.9 Å². The smallest absolute Gasteiger partial charge is 0.253 e. The summed E-state index contributed by atoms with van der Waals surface area (Å²) in [5.41, 5.74) is 1.48. The summed E-state index contributed by atoms with van der Waals surface area (Å²) < 4.78 is 26.0. The van der Waals surface area contributed by atoms with Crippen LogP contribution in [-0.4, -0.2) is 20.6 Å². The molecule has 0 saturated carbocycles. The molecule has 1 amide bonds. The number of benzene rings is 2. The minimum atomic E-state index is -3.44. The van der Waals surface area contributed by atoms with Crippen LogP contribution in [0.25, 0.3) is 0 Å². The summed E-state index contributed by atoms with van der Waals surface area (Å²) >= 11 is 3.37. The standard InChI is InChI=1S/C15H15BrN2O3S/c1-22(20,21)18-14-8-3-2-7-13(14)15(19)17-10-11-5-4-6-12(16)9-11/h2-9,18H,10H2,1H3,(H,17,19). The molecule has 2 aromatic carbocycles. The first-order chi connectivity index (χ1) is 10.3. The molecule has 5 nitrogen and oxygen atoms in total. The van der Waals surface area contributed by atoms with Gasteiger partial charge in [-0.15, -0.1) is 0 Å². The van der Waals surface area contributed by atoms with E-state index in [1.165, 1.54) is 0 Å². The molecule has 0 radical (unpaired) electrons. The zero-order valence-corrected chi connectivity index (χ0v) is 14.2. The molecule has 2 aromatic rings. The lowest BCUT2D eigenvalue weighted by Gasteiger charge is -2.11. The van der Waals surface area contributed by atoms with E-state index < -0.39 is 10.0 Å². The van der Waals surface area contributed by atoms with Gasteiger partial charge in [-0.3, -0.25) is 9.52 Å². The molecule has 0 aliphatic heterocycles. The van der Waals surface area contributed by atoms with E-state index in [0.29, 0.717) is 6.54 Å². The average molecular weight is 383 g/mol. The van der Waals surface area contributed by atoms with Crippen LogP contribution in [0.3, 0.4) is 0 Å². The van der Waals surface area contributed by atoms with Crippen molar-refractivity contribution in [2.24, 2.45) is 0 Å². The van der Waals surface area contributed by atoms with Crippen LogP contribution in [-0.2, 0) is 16.6 Å². The fraction of sp³-hybridized carbons (Fsp3) is 0.133. The largest absolute Gasteiger partial charge is 0.348 e. The Morgan fingerprint density at radius 2 is 1.86 bits per heavy atom. The maximum Gasteiger partial charge on any atom is 0.253 e. The van der Waals surface area contributed by atoms with Crippen LogP contribution >= 0.6 is 15.9 Å². The summed E-state index contributed by atoms with van der Waals surface area (Å²) in [6.07, 6.45) is 1.04. The molecule has 0 saturated heterocycles. The van der Waals surface area contributed by atoms with Gasteiger partial charge in [0, 0.05) is 11.0 Å². The van der Waals surface area contributed by atoms with E-state index in [1.54, 1.807) is 24.3 Å². The minimum Gasteiger partial charge on any atom is -0.348 e. The Morgan fingerprint density at radius 3 is 2.55 bits per heavy atom. The molecule has 0 spiro atoms. The lowest BCUT2D eigenvalue weighted by molar-refractivity contribution is 0.0952. The van der Waals surface area contributed by atoms with E-state index in [-0.39, 0.29) is 17.2 Å². The fourth-order valence-electron chi connectivity index (χ4n) is 1.89. The second-order valence-corrected chi connectivity index (χ2v) is 7.40. The Balaban J connectivity index is 2.13. The highest BCUT2D eigenvalue weighted by Crippen LogP contribution is 2.17. The lowest BCUT2D eigenvalue weighted by atomic mass is 10.1. The molecular weight excluding hydrogens is 368 g/mol. The number of halogens is 1. The molecule has 0 aromatic heterocycles. The second kappa shape index (κ2) is 6.93. The molecule has 0 heterocycles. The monoisotopic (exact) mass is 382 g/mol. The van der Waals surface area contributed by atoms with Crippen molar-refractivity contribution in [2.75, 3.05) is 11.0 Å². The summed E-state index contributed by atoms with van der Waals surface area (Å²) in [5.74, 6) is -0.341. The molecule has 0 atom stereocenters. The first kappa shape index (κ1) is 16.5. The van der Waals surface area contributed by atoms with E-state index in [2.05, 4.69) is 26.0 Å². The zero-order valence-electron chi connectivity index (χ0n) is 11.8. The zero-order chi connectivity index (χ0) is 16.2. The van der Waals surface area contributed by atoms with Gasteiger partial charge in [-0.05, 0) is 29.8 Å². The highest BCUT2D eigenvalue weighted by molar-refractivity contribution is 9.10. The molecule has 2 N–H and O–H groups in total. The average Bonchev–Trinajstić information content (AvgIpc) is 2.44. The summed E-state index contributed by atoms with van der Waals surface area (Å²) in [4.78, 5) is 12.3. The Morgan fingerprint density at radius 1 is 1.14 bits per heavy atom. The van der Waals surface area contributed by atoms with E-state index in [4.69, 9.17) is 0 Å². The Bertz CT molecular complexity index is 791. The fourth-order valence-corrected chi connectivity index (χ4v) is 2.92. The Labute approximate surface area is 137 Å². The summed E-state index contributed by atoms with van der Waals surface area (Å²) in [5, 5.41) is 2.77. The van der Waals surface area contributed by atoms with Crippen LogP contribution in [0.15, 0.2) is 53.0 Å². The van der Waals surface area contributed by atoms with Crippen molar-refractivity contribution in [2.45, 2.75) is 6.54 Å². The lowest BCUT2D eigenvalue weighted by Crippen LogP contribution is -2.24. The van der Waals surface area contributed by atoms with Gasteiger partial charge in [-0.1, -0.05) is 40.2 Å². The van der Waals surface area contributed by atoms with Gasteiger partial charge in [-0.25, -0.2) is 8.42 Å². The number of rotatable bonds is 5. The number of carbonyl (C=O) groups excluding carboxylic acids is 1. The predicted molar refractivity (Wildman–Crippen MR) is 90.2 cm³/mol. The SMILES string of the molecule is CS(=O)(=O)Nc1ccccc1C(=O)NCc1cccc(Br)c1. The van der Waals surface area contributed by atoms with Gasteiger partial charge in [0.1, 0.15) is 0 Å². The molecule has 22 heavy (non-hydrogen) atoms. The molecule has 2 rings (SSSR count). The number of para-hydroxylation sites is 1. The van der Waals surface area contributed by atoms with Crippen molar-refractivity contribution in [1.29, 1.82) is 0 Å². The van der Waals surface area contributed by atoms with Crippen molar-refractivity contribution in [3.05, 3.63) is 64.1 Å². The van der Waals surface area contributed by atoms with E-state index in [1.807, 2.05) is 24.3 Å². The molecule has 0 aliphatic rings. The van der Waals surface area contributed by atoms with Crippen molar-refractivity contribution < 1.29 is 13.2 Å². The summed E-state index contributed by atoms with van der Waals surface area (Å²) in [6.45, 7) is 0.353. The van der Waals surface area contributed by atoms with Crippen LogP contribution in [0, 0.1) is 0 Å². The van der Waals surface area contributed by atoms with Gasteiger partial charge in [0.25, 0.3) is 5.91 Å². The maximum atomic E-state index is 12.3. The van der Waals surface area contributed by atoms with Crippen molar-refractivity contribution in [1.82, 2.24) is 5.32 Å². The summed E-state index contributed by atoms with van der Waals surface area (Å²) in [6, 6.07) is 14.0. The molecule has 116 valence electrons. The van der Waals surface area contributed by atoms with E-state index in [0.717, 1.165) is 16.3 Å². The van der Waals surface area contributed by atoms with Crippen LogP contribution < -0.4 is 10.0 Å². The van der Waals surface area contributed by atoms with Crippen LogP contribution in [0.2, 0.25) is 0 Å². The molecule has 0 bridgehead atoms. The molecule has 7 heteroatoms. The number of carbonyl (C=O) groups is 1. The van der Waals surface area contributed by atoms with Gasteiger partial charge in [0.2, 0.25) is 10.0 Å². The Kier molecular flexibility index (Phi) is 5.20. The highest BCUT2D eigenvalue weighted by atomic mass is 79.9. The van der Waals surface area contributed by atoms with Crippen LogP contribution in [0.4, 0.5) is 5.69 Å². The number of hydrogen-bond donors (Lipinski definition) is 2. The second-order valence-electron chi connectivity index (χ2n) is 4.73. The first-order valence-corrected chi connectivity index (χ1v) is 9.13.